The topological polar surface area (TPSA) is 112 Å². The van der Waals surface area contributed by atoms with E-state index in [1.165, 1.54) is 18.0 Å². The number of para-hydroxylation sites is 1. The monoisotopic (exact) mass is 540 g/mol. The molecule has 1 amide bonds. The molecule has 2 heterocycles. The molecule has 0 radical (unpaired) electrons. The summed E-state index contributed by atoms with van der Waals surface area (Å²) in [6, 6.07) is 13.2. The van der Waals surface area contributed by atoms with E-state index in [4.69, 9.17) is 4.74 Å². The number of rotatable bonds is 10. The molecule has 0 unspecified atom stereocenters. The number of nitrogens with one attached hydrogen (secondary N) is 1. The van der Waals surface area contributed by atoms with Crippen molar-refractivity contribution in [2.45, 2.75) is 18.2 Å². The predicted molar refractivity (Wildman–Crippen MR) is 134 cm³/mol. The highest BCUT2D eigenvalue weighted by Crippen LogP contribution is 2.21. The van der Waals surface area contributed by atoms with Crippen molar-refractivity contribution in [3.63, 3.8) is 0 Å². The third kappa shape index (κ3) is 5.51. The Hall–Kier alpha value is -3.51. The number of hydrazone groups is 1. The van der Waals surface area contributed by atoms with Gasteiger partial charge in [0.25, 0.3) is 5.91 Å². The summed E-state index contributed by atoms with van der Waals surface area (Å²) in [4.78, 5) is 12.3. The fraction of sp³-hybridized carbons (Fsp3) is 0.182. The molecule has 0 fully saturated rings. The fourth-order valence-electron chi connectivity index (χ4n) is 3.17. The van der Waals surface area contributed by atoms with E-state index in [0.717, 1.165) is 21.1 Å². The van der Waals surface area contributed by atoms with Gasteiger partial charge in [-0.3, -0.25) is 4.79 Å². The van der Waals surface area contributed by atoms with Crippen LogP contribution in [0.5, 0.6) is 5.75 Å². The number of aromatic nitrogens is 6. The van der Waals surface area contributed by atoms with Crippen LogP contribution in [0.3, 0.4) is 0 Å². The van der Waals surface area contributed by atoms with Crippen LogP contribution in [-0.4, -0.2) is 54.7 Å². The predicted octanol–water partition coefficient (Wildman–Crippen LogP) is 3.27. The van der Waals surface area contributed by atoms with Crippen molar-refractivity contribution >= 4 is 50.8 Å². The van der Waals surface area contributed by atoms with Gasteiger partial charge in [-0.05, 0) is 30.3 Å². The molecule has 0 saturated heterocycles. The second-order valence-electron chi connectivity index (χ2n) is 7.00. The number of thioether (sulfide) groups is 1. The van der Waals surface area contributed by atoms with Gasteiger partial charge in [0.15, 0.2) is 11.0 Å². The minimum absolute atomic E-state index is 0.120. The number of hydrogen-bond donors (Lipinski definition) is 1. The molecule has 0 aliphatic heterocycles. The van der Waals surface area contributed by atoms with E-state index in [0.29, 0.717) is 29.8 Å². The van der Waals surface area contributed by atoms with Gasteiger partial charge in [-0.2, -0.15) is 5.10 Å². The maximum Gasteiger partial charge on any atom is 0.250 e. The number of amides is 1. The normalized spacial score (nSPS) is 11.2. The van der Waals surface area contributed by atoms with Gasteiger partial charge in [0.05, 0.1) is 24.6 Å². The maximum absolute atomic E-state index is 12.3. The van der Waals surface area contributed by atoms with Crippen LogP contribution in [0.25, 0.3) is 11.0 Å². The summed E-state index contributed by atoms with van der Waals surface area (Å²) in [5, 5.41) is 21.6. The number of ether oxygens (including phenoxy) is 1. The zero-order valence-corrected chi connectivity index (χ0v) is 20.7. The molecule has 174 valence electrons. The van der Waals surface area contributed by atoms with Gasteiger partial charge in [-0.15, -0.1) is 21.9 Å². The van der Waals surface area contributed by atoms with E-state index in [-0.39, 0.29) is 11.7 Å². The molecular weight excluding hydrogens is 520 g/mol. The summed E-state index contributed by atoms with van der Waals surface area (Å²) in [5.74, 6) is 1.19. The average Bonchev–Trinajstić information content (AvgIpc) is 3.42. The van der Waals surface area contributed by atoms with Crippen molar-refractivity contribution in [3.8, 4) is 5.75 Å². The van der Waals surface area contributed by atoms with Crippen LogP contribution in [0, 0.1) is 0 Å². The zero-order valence-electron chi connectivity index (χ0n) is 18.3. The van der Waals surface area contributed by atoms with Crippen LogP contribution in [-0.2, 0) is 17.9 Å². The van der Waals surface area contributed by atoms with Crippen molar-refractivity contribution in [2.24, 2.45) is 5.10 Å². The molecule has 4 aromatic rings. The lowest BCUT2D eigenvalue weighted by atomic mass is 10.2. The summed E-state index contributed by atoms with van der Waals surface area (Å²) in [6.07, 6.45) is 3.29. The van der Waals surface area contributed by atoms with Gasteiger partial charge in [0.1, 0.15) is 17.8 Å². The number of allylic oxidation sites excluding steroid dienone is 1. The first-order valence-electron chi connectivity index (χ1n) is 10.2. The summed E-state index contributed by atoms with van der Waals surface area (Å²) in [6.45, 7) is 4.71. The molecular formula is C22H21BrN8O2S. The molecule has 2 aromatic heterocycles. The first-order valence-corrected chi connectivity index (χ1v) is 12.0. The van der Waals surface area contributed by atoms with E-state index in [1.54, 1.807) is 17.9 Å². The second-order valence-corrected chi connectivity index (χ2v) is 8.86. The van der Waals surface area contributed by atoms with Crippen molar-refractivity contribution in [3.05, 3.63) is 71.0 Å². The highest BCUT2D eigenvalue weighted by molar-refractivity contribution is 9.10. The van der Waals surface area contributed by atoms with Crippen LogP contribution in [0.4, 0.5) is 0 Å². The fourth-order valence-corrected chi connectivity index (χ4v) is 4.30. The Labute approximate surface area is 208 Å². The molecule has 34 heavy (non-hydrogen) atoms. The molecule has 0 atom stereocenters. The molecule has 0 saturated carbocycles. The Kier molecular flexibility index (Phi) is 7.70. The van der Waals surface area contributed by atoms with Gasteiger partial charge in [-0.25, -0.2) is 10.1 Å². The van der Waals surface area contributed by atoms with Crippen molar-refractivity contribution in [1.29, 1.82) is 0 Å². The molecule has 0 spiro atoms. The van der Waals surface area contributed by atoms with Gasteiger partial charge in [-0.1, -0.05) is 51.1 Å². The summed E-state index contributed by atoms with van der Waals surface area (Å²) in [7, 11) is 1.58. The third-order valence-electron chi connectivity index (χ3n) is 4.73. The number of carbonyl (C=O) groups is 1. The molecule has 12 heteroatoms. The van der Waals surface area contributed by atoms with Gasteiger partial charge < -0.3 is 9.30 Å². The zero-order chi connectivity index (χ0) is 23.9. The minimum Gasteiger partial charge on any atom is -0.496 e. The lowest BCUT2D eigenvalue weighted by molar-refractivity contribution is -0.118. The third-order valence-corrected chi connectivity index (χ3v) is 6.19. The largest absolute Gasteiger partial charge is 0.496 e. The van der Waals surface area contributed by atoms with Crippen LogP contribution in [0.1, 0.15) is 11.4 Å². The Bertz CT molecular complexity index is 1350. The smallest absolute Gasteiger partial charge is 0.250 e. The Balaban J connectivity index is 1.40. The Morgan fingerprint density at radius 1 is 1.26 bits per heavy atom. The second kappa shape index (κ2) is 11.1. The molecule has 0 bridgehead atoms. The average molecular weight is 541 g/mol. The maximum atomic E-state index is 12.3. The molecule has 0 aliphatic carbocycles. The minimum atomic E-state index is -0.271. The summed E-state index contributed by atoms with van der Waals surface area (Å²) >= 11 is 4.68. The number of benzene rings is 2. The Morgan fingerprint density at radius 2 is 2.12 bits per heavy atom. The standard InChI is InChI=1S/C22H21BrN8O2S/c1-3-10-30-20(13-31-18-7-5-4-6-17(18)25-29-31)26-28-22(30)34-14-21(32)27-24-12-15-11-16(23)8-9-19(15)33-2/h3-9,11-12H,1,10,13-14H2,2H3,(H,27,32). The Morgan fingerprint density at radius 3 is 2.94 bits per heavy atom. The lowest BCUT2D eigenvalue weighted by Crippen LogP contribution is -2.20. The van der Waals surface area contributed by atoms with Crippen molar-refractivity contribution in [1.82, 2.24) is 35.2 Å². The van der Waals surface area contributed by atoms with Crippen LogP contribution >= 0.6 is 27.7 Å². The van der Waals surface area contributed by atoms with E-state index in [2.05, 4.69) is 53.5 Å². The highest BCUT2D eigenvalue weighted by atomic mass is 79.9. The number of nitrogens with zero attached hydrogens (tertiary/aromatic N) is 7. The van der Waals surface area contributed by atoms with Crippen LogP contribution in [0.2, 0.25) is 0 Å². The molecule has 1 N–H and O–H groups in total. The first kappa shape index (κ1) is 23.6. The van der Waals surface area contributed by atoms with Crippen molar-refractivity contribution in [2.75, 3.05) is 12.9 Å². The lowest BCUT2D eigenvalue weighted by Gasteiger charge is -2.08. The van der Waals surface area contributed by atoms with Crippen LogP contribution < -0.4 is 10.2 Å². The molecule has 0 aliphatic rings. The summed E-state index contributed by atoms with van der Waals surface area (Å²) < 4.78 is 9.85. The van der Waals surface area contributed by atoms with Gasteiger partial charge in [0.2, 0.25) is 0 Å². The van der Waals surface area contributed by atoms with Gasteiger partial charge >= 0.3 is 0 Å². The number of halogens is 1. The van der Waals surface area contributed by atoms with E-state index in [1.807, 2.05) is 47.0 Å². The molecule has 2 aromatic carbocycles. The van der Waals surface area contributed by atoms with E-state index in [9.17, 15) is 4.79 Å². The molecule has 4 rings (SSSR count). The van der Waals surface area contributed by atoms with Gasteiger partial charge in [0, 0.05) is 16.6 Å². The number of carbonyl (C=O) groups excluding carboxylic acids is 1. The summed E-state index contributed by atoms with van der Waals surface area (Å²) in [5.41, 5.74) is 4.98. The number of fused-ring (bicyclic) bond motifs is 1. The van der Waals surface area contributed by atoms with E-state index < -0.39 is 0 Å². The van der Waals surface area contributed by atoms with E-state index >= 15 is 0 Å². The highest BCUT2D eigenvalue weighted by Gasteiger charge is 2.15. The van der Waals surface area contributed by atoms with Crippen LogP contribution in [0.15, 0.2) is 69.9 Å². The van der Waals surface area contributed by atoms with Crippen molar-refractivity contribution < 1.29 is 9.53 Å². The quantitative estimate of drug-likeness (QED) is 0.142. The number of methoxy groups -OCH3 is 1. The molecule has 10 nitrogen and oxygen atoms in total. The SMILES string of the molecule is C=CCn1c(Cn2nnc3ccccc32)nnc1SCC(=O)NN=Cc1cc(Br)ccc1OC. The number of hydrogen-bond acceptors (Lipinski definition) is 8. The first-order chi connectivity index (χ1) is 16.6.